The summed E-state index contributed by atoms with van der Waals surface area (Å²) in [5.74, 6) is -0.744. The molecule has 0 aliphatic heterocycles. The van der Waals surface area contributed by atoms with Gasteiger partial charge in [-0.1, -0.05) is 28.9 Å². The van der Waals surface area contributed by atoms with Crippen LogP contribution in [-0.2, 0) is 11.3 Å². The van der Waals surface area contributed by atoms with Gasteiger partial charge in [0.15, 0.2) is 0 Å². The van der Waals surface area contributed by atoms with Gasteiger partial charge in [0.2, 0.25) is 0 Å². The number of methoxy groups -OCH3 is 1. The number of nitrogens with zero attached hydrogens (tertiary/aromatic N) is 1. The van der Waals surface area contributed by atoms with E-state index in [0.29, 0.717) is 18.0 Å². The number of aromatic nitrogens is 1. The van der Waals surface area contributed by atoms with E-state index in [1.807, 2.05) is 32.9 Å². The lowest BCUT2D eigenvalue weighted by molar-refractivity contribution is 0.0922. The lowest BCUT2D eigenvalue weighted by Crippen LogP contribution is -2.34. The molecule has 0 bridgehead atoms. The fourth-order valence-electron chi connectivity index (χ4n) is 2.69. The normalized spacial score (nSPS) is 11.8. The molecule has 0 fully saturated rings. The Hall–Kier alpha value is -2.25. The first-order valence-corrected chi connectivity index (χ1v) is 9.94. The summed E-state index contributed by atoms with van der Waals surface area (Å²) in [6.07, 6.45) is 0.788. The van der Waals surface area contributed by atoms with Gasteiger partial charge in [-0.05, 0) is 51.0 Å². The Kier molecular flexibility index (Phi) is 7.71. The Bertz CT molecular complexity index is 883. The number of aryl methyl sites for hydroxylation is 2. The Morgan fingerprint density at radius 1 is 1.18 bits per heavy atom. The van der Waals surface area contributed by atoms with Gasteiger partial charge in [-0.15, -0.1) is 0 Å². The van der Waals surface area contributed by atoms with Crippen LogP contribution in [0.15, 0.2) is 28.7 Å². The topological polar surface area (TPSA) is 80.3 Å². The summed E-state index contributed by atoms with van der Waals surface area (Å²) in [5, 5.41) is 5.81. The molecule has 0 radical (unpaired) electrons. The molecule has 28 heavy (non-hydrogen) atoms. The molecule has 2 aromatic rings. The van der Waals surface area contributed by atoms with Crippen LogP contribution in [-0.4, -0.2) is 29.9 Å². The first-order valence-electron chi connectivity index (χ1n) is 9.15. The van der Waals surface area contributed by atoms with E-state index in [1.54, 1.807) is 26.2 Å². The van der Waals surface area contributed by atoms with E-state index in [0.717, 1.165) is 22.0 Å². The summed E-state index contributed by atoms with van der Waals surface area (Å²) < 4.78 is 6.11. The quantitative estimate of drug-likeness (QED) is 0.659. The third-order valence-corrected chi connectivity index (χ3v) is 5.22. The minimum Gasteiger partial charge on any atom is -0.380 e. The Morgan fingerprint density at radius 2 is 1.89 bits per heavy atom. The lowest BCUT2D eigenvalue weighted by Gasteiger charge is -2.17. The molecule has 0 spiro atoms. The highest BCUT2D eigenvalue weighted by Crippen LogP contribution is 2.29. The molecule has 0 aliphatic carbocycles. The second-order valence-electron chi connectivity index (χ2n) is 6.74. The summed E-state index contributed by atoms with van der Waals surface area (Å²) in [7, 11) is 1.60. The summed E-state index contributed by atoms with van der Waals surface area (Å²) in [4.78, 5) is 30.0. The van der Waals surface area contributed by atoms with Gasteiger partial charge in [-0.2, -0.15) is 0 Å². The highest BCUT2D eigenvalue weighted by Gasteiger charge is 2.22. The maximum absolute atomic E-state index is 13.0. The van der Waals surface area contributed by atoms with Crippen molar-refractivity contribution in [3.63, 3.8) is 0 Å². The summed E-state index contributed by atoms with van der Waals surface area (Å²) in [5.41, 5.74) is 3.42. The largest absolute Gasteiger partial charge is 0.380 e. The summed E-state index contributed by atoms with van der Waals surface area (Å²) in [6.45, 7) is 7.93. The zero-order valence-electron chi connectivity index (χ0n) is 16.9. The monoisotopic (exact) mass is 447 g/mol. The van der Waals surface area contributed by atoms with Gasteiger partial charge in [-0.3, -0.25) is 9.59 Å². The van der Waals surface area contributed by atoms with Crippen LogP contribution in [0.1, 0.15) is 57.9 Å². The van der Waals surface area contributed by atoms with Crippen molar-refractivity contribution in [2.75, 3.05) is 12.4 Å². The summed E-state index contributed by atoms with van der Waals surface area (Å²) >= 11 is 3.50. The molecule has 2 amide bonds. The Morgan fingerprint density at radius 3 is 2.54 bits per heavy atom. The van der Waals surface area contributed by atoms with E-state index >= 15 is 0 Å². The van der Waals surface area contributed by atoms with Crippen LogP contribution in [0.2, 0.25) is 0 Å². The maximum Gasteiger partial charge on any atom is 0.270 e. The van der Waals surface area contributed by atoms with E-state index in [9.17, 15) is 9.59 Å². The molecule has 2 rings (SSSR count). The molecule has 0 saturated heterocycles. The van der Waals surface area contributed by atoms with Gasteiger partial charge in [0.1, 0.15) is 5.69 Å². The number of benzene rings is 1. The smallest absolute Gasteiger partial charge is 0.270 e. The Balaban J connectivity index is 2.41. The number of halogens is 1. The molecule has 1 unspecified atom stereocenters. The number of carbonyl (C=O) groups is 2. The van der Waals surface area contributed by atoms with Crippen LogP contribution in [0.25, 0.3) is 0 Å². The lowest BCUT2D eigenvalue weighted by atomic mass is 10.1. The molecule has 1 aromatic carbocycles. The molecule has 1 heterocycles. The van der Waals surface area contributed by atoms with Gasteiger partial charge in [-0.25, -0.2) is 4.98 Å². The summed E-state index contributed by atoms with van der Waals surface area (Å²) in [6, 6.07) is 7.16. The van der Waals surface area contributed by atoms with Crippen LogP contribution in [0.4, 0.5) is 5.69 Å². The second kappa shape index (κ2) is 9.80. The third-order valence-electron chi connectivity index (χ3n) is 4.48. The molecule has 0 aliphatic rings. The molecule has 1 aromatic heterocycles. The van der Waals surface area contributed by atoms with Crippen molar-refractivity contribution in [1.82, 2.24) is 10.3 Å². The van der Waals surface area contributed by atoms with Crippen molar-refractivity contribution in [2.45, 2.75) is 46.8 Å². The molecular formula is C21H26BrN3O3. The van der Waals surface area contributed by atoms with Crippen molar-refractivity contribution < 1.29 is 14.3 Å². The zero-order valence-corrected chi connectivity index (χ0v) is 18.4. The van der Waals surface area contributed by atoms with Crippen LogP contribution in [0, 0.1) is 13.8 Å². The molecule has 6 nitrogen and oxygen atoms in total. The van der Waals surface area contributed by atoms with Crippen LogP contribution in [0.5, 0.6) is 0 Å². The second-order valence-corrected chi connectivity index (χ2v) is 7.59. The first kappa shape index (κ1) is 22.0. The van der Waals surface area contributed by atoms with E-state index in [2.05, 4.69) is 31.5 Å². The average Bonchev–Trinajstić information content (AvgIpc) is 2.67. The van der Waals surface area contributed by atoms with Gasteiger partial charge < -0.3 is 15.4 Å². The Labute approximate surface area is 174 Å². The highest BCUT2D eigenvalue weighted by molar-refractivity contribution is 9.10. The van der Waals surface area contributed by atoms with Crippen molar-refractivity contribution in [3.05, 3.63) is 56.8 Å². The number of anilines is 1. The number of nitrogens with one attached hydrogen (secondary N) is 2. The van der Waals surface area contributed by atoms with E-state index < -0.39 is 0 Å². The number of ether oxygens (including phenoxy) is 1. The van der Waals surface area contributed by atoms with Gasteiger partial charge >= 0.3 is 0 Å². The number of hydrogen-bond acceptors (Lipinski definition) is 4. The molecule has 1 atom stereocenters. The molecule has 2 N–H and O–H groups in total. The van der Waals surface area contributed by atoms with Gasteiger partial charge in [0, 0.05) is 28.9 Å². The average molecular weight is 448 g/mol. The van der Waals surface area contributed by atoms with Crippen molar-refractivity contribution in [2.24, 2.45) is 0 Å². The number of hydrogen-bond donors (Lipinski definition) is 2. The predicted molar refractivity (Wildman–Crippen MR) is 114 cm³/mol. The van der Waals surface area contributed by atoms with Crippen molar-refractivity contribution in [1.29, 1.82) is 0 Å². The zero-order chi connectivity index (χ0) is 20.8. The molecule has 0 saturated carbocycles. The highest BCUT2D eigenvalue weighted by atomic mass is 79.9. The fraction of sp³-hybridized carbons (Fsp3) is 0.381. The predicted octanol–water partition coefficient (Wildman–Crippen LogP) is 4.39. The van der Waals surface area contributed by atoms with Gasteiger partial charge in [0.05, 0.1) is 17.9 Å². The van der Waals surface area contributed by atoms with Crippen molar-refractivity contribution in [3.8, 4) is 0 Å². The van der Waals surface area contributed by atoms with Crippen LogP contribution >= 0.6 is 15.9 Å². The molecule has 7 heteroatoms. The number of amides is 2. The minimum absolute atomic E-state index is 0.00801. The fourth-order valence-corrected chi connectivity index (χ4v) is 3.13. The maximum atomic E-state index is 13.0. The standard InChI is InChI=1S/C21H26BrN3O3/c1-6-13(3)24-21(27)19-15(9-8-14(4)23-19)20(26)25-18-12(2)7-10-17(22)16(18)11-28-5/h7-10,13H,6,11H2,1-5H3,(H,24,27)(H,25,26). The number of pyridine rings is 1. The van der Waals surface area contributed by atoms with Crippen LogP contribution < -0.4 is 10.6 Å². The van der Waals surface area contributed by atoms with Crippen molar-refractivity contribution >= 4 is 33.4 Å². The minimum atomic E-state index is -0.389. The molecular weight excluding hydrogens is 422 g/mol. The number of rotatable bonds is 7. The van der Waals surface area contributed by atoms with Crippen LogP contribution in [0.3, 0.4) is 0 Å². The van der Waals surface area contributed by atoms with E-state index in [4.69, 9.17) is 4.74 Å². The van der Waals surface area contributed by atoms with E-state index in [1.165, 1.54) is 0 Å². The molecule has 150 valence electrons. The third kappa shape index (κ3) is 5.17. The van der Waals surface area contributed by atoms with E-state index in [-0.39, 0.29) is 29.1 Å². The SMILES string of the molecule is CCC(C)NC(=O)c1nc(C)ccc1C(=O)Nc1c(C)ccc(Br)c1COC. The number of carbonyl (C=O) groups excluding carboxylic acids is 2. The van der Waals surface area contributed by atoms with Gasteiger partial charge in [0.25, 0.3) is 11.8 Å². The first-order chi connectivity index (χ1) is 13.3.